The highest BCUT2D eigenvalue weighted by molar-refractivity contribution is 5.92. The second-order valence-corrected chi connectivity index (χ2v) is 16.4. The van der Waals surface area contributed by atoms with Crippen LogP contribution >= 0.6 is 0 Å². The number of hydrogen-bond acceptors (Lipinski definition) is 5. The minimum atomic E-state index is -1.30. The number of aromatic nitrogens is 3. The summed E-state index contributed by atoms with van der Waals surface area (Å²) < 4.78 is 67.0. The van der Waals surface area contributed by atoms with Gasteiger partial charge in [-0.1, -0.05) is 27.7 Å². The Balaban J connectivity index is 1.41. The molecule has 2 aromatic carbocycles. The average molecular weight is 754 g/mol. The summed E-state index contributed by atoms with van der Waals surface area (Å²) in [6.07, 6.45) is -1.98. The van der Waals surface area contributed by atoms with Crippen LogP contribution in [0.2, 0.25) is 0 Å². The van der Waals surface area contributed by atoms with Crippen LogP contribution in [0.1, 0.15) is 79.7 Å². The van der Waals surface area contributed by atoms with Crippen LogP contribution in [-0.2, 0) is 32.1 Å². The molecule has 1 N–H and O–H groups in total. The minimum Gasteiger partial charge on any atom is -0.460 e. The molecule has 0 saturated carbocycles. The minimum absolute atomic E-state index is 0.0311. The van der Waals surface area contributed by atoms with Crippen LogP contribution in [0.25, 0.3) is 33.5 Å². The molecule has 2 aromatic heterocycles. The number of nitrogens with zero attached hydrogens (tertiary/aromatic N) is 4. The largest absolute Gasteiger partial charge is 0.460 e. The number of rotatable bonds is 11. The molecule has 292 valence electrons. The number of carbonyl (C=O) groups is 3. The van der Waals surface area contributed by atoms with Crippen molar-refractivity contribution in [3.05, 3.63) is 53.6 Å². The van der Waals surface area contributed by atoms with Gasteiger partial charge < -0.3 is 24.1 Å². The number of imidazole rings is 1. The van der Waals surface area contributed by atoms with E-state index >= 15 is 8.78 Å². The summed E-state index contributed by atoms with van der Waals surface area (Å²) in [7, 11) is 0. The zero-order chi connectivity index (χ0) is 39.2. The summed E-state index contributed by atoms with van der Waals surface area (Å²) >= 11 is 0. The van der Waals surface area contributed by atoms with E-state index in [2.05, 4.69) is 4.98 Å². The first-order valence-electron chi connectivity index (χ1n) is 19.0. The number of nitrogens with one attached hydrogen (secondary N) is 1. The molecule has 4 heterocycles. The molecule has 0 radical (unpaired) electrons. The topological polar surface area (TPSA) is 101 Å². The van der Waals surface area contributed by atoms with Crippen LogP contribution in [0, 0.1) is 29.4 Å². The number of amides is 2. The Kier molecular flexibility index (Phi) is 11.2. The number of ether oxygens (including phenoxy) is 1. The van der Waals surface area contributed by atoms with Crippen molar-refractivity contribution < 1.29 is 36.7 Å². The van der Waals surface area contributed by atoms with Gasteiger partial charge >= 0.3 is 5.97 Å². The quantitative estimate of drug-likeness (QED) is 0.124. The number of benzene rings is 2. The fraction of sp³-hybridized carbons (Fsp3) is 0.561. The molecular weight excluding hydrogens is 702 g/mol. The molecule has 13 heteroatoms. The number of likely N-dealkylation sites (tertiary alicyclic amines) is 2. The molecule has 6 rings (SSSR count). The van der Waals surface area contributed by atoms with Crippen molar-refractivity contribution in [2.45, 2.75) is 117 Å². The lowest BCUT2D eigenvalue weighted by molar-refractivity contribution is -0.158. The fourth-order valence-corrected chi connectivity index (χ4v) is 7.95. The van der Waals surface area contributed by atoms with E-state index in [1.54, 1.807) is 44.7 Å². The molecule has 0 unspecified atom stereocenters. The Morgan fingerprint density at radius 3 is 2.20 bits per heavy atom. The molecule has 54 heavy (non-hydrogen) atoms. The molecule has 6 atom stereocenters. The molecule has 0 spiro atoms. The molecule has 0 bridgehead atoms. The summed E-state index contributed by atoms with van der Waals surface area (Å²) in [5.74, 6) is -2.61. The Bertz CT molecular complexity index is 2040. The predicted molar refractivity (Wildman–Crippen MR) is 199 cm³/mol. The van der Waals surface area contributed by atoms with Crippen LogP contribution in [0.15, 0.2) is 36.4 Å². The summed E-state index contributed by atoms with van der Waals surface area (Å²) in [6.45, 7) is 12.8. The van der Waals surface area contributed by atoms with Gasteiger partial charge in [-0.3, -0.25) is 14.4 Å². The Morgan fingerprint density at radius 2 is 1.56 bits per heavy atom. The number of alkyl halides is 2. The molecule has 2 aliphatic heterocycles. The summed E-state index contributed by atoms with van der Waals surface area (Å²) in [6, 6.07) is 7.37. The second kappa shape index (κ2) is 15.4. The van der Waals surface area contributed by atoms with Crippen molar-refractivity contribution in [2.24, 2.45) is 17.8 Å². The van der Waals surface area contributed by atoms with Crippen LogP contribution in [0.4, 0.5) is 17.6 Å². The van der Waals surface area contributed by atoms with Crippen LogP contribution < -0.4 is 0 Å². The SMILES string of the molecule is CC[C@H](CC(=O)OC(C)(C)C)C(=O)N1C[C@@H](F)C[C@H]1Cc1c(-c2nc3cc(F)ccc3n2C[C@@H]2C[C@H](F)CN2C(=O)[C@@H](C)C(C)C)[nH]c2cc(F)ccc12. The zero-order valence-corrected chi connectivity index (χ0v) is 32.1. The summed E-state index contributed by atoms with van der Waals surface area (Å²) in [5, 5.41) is 0.638. The maximum absolute atomic E-state index is 15.3. The lowest BCUT2D eigenvalue weighted by Crippen LogP contribution is -2.42. The molecular formula is C41H51F4N5O4. The highest BCUT2D eigenvalue weighted by Gasteiger charge is 2.41. The molecule has 2 aliphatic rings. The number of fused-ring (bicyclic) bond motifs is 2. The van der Waals surface area contributed by atoms with Crippen molar-refractivity contribution in [1.29, 1.82) is 0 Å². The van der Waals surface area contributed by atoms with Crippen molar-refractivity contribution >= 4 is 39.7 Å². The van der Waals surface area contributed by atoms with E-state index in [1.165, 1.54) is 29.2 Å². The smallest absolute Gasteiger partial charge is 0.307 e. The van der Waals surface area contributed by atoms with Crippen molar-refractivity contribution in [3.63, 3.8) is 0 Å². The standard InChI is InChI=1S/C41H51F4N5O4/c1-8-24(13-36(51)54-41(5,6)7)40(53)48-19-27(44)14-29(48)18-32-31-11-9-25(42)16-33(31)46-37(32)38-47-34-17-26(43)10-12-35(34)50(38)21-30-15-28(45)20-49(30)39(52)23(4)22(2)3/h9-12,16-17,22-24,27-30,46H,8,13-15,18-21H2,1-7H3/t23-,24+,27-,28-,29-,30-/m0/s1. The number of carbonyl (C=O) groups excluding carboxylic acids is 3. The van der Waals surface area contributed by atoms with Gasteiger partial charge in [0.05, 0.1) is 42.3 Å². The van der Waals surface area contributed by atoms with Crippen LogP contribution in [0.3, 0.4) is 0 Å². The van der Waals surface area contributed by atoms with Gasteiger partial charge in [0.2, 0.25) is 11.8 Å². The van der Waals surface area contributed by atoms with E-state index < -0.39 is 53.5 Å². The lowest BCUT2D eigenvalue weighted by atomic mass is 9.96. The van der Waals surface area contributed by atoms with E-state index in [-0.39, 0.29) is 69.0 Å². The Hall–Kier alpha value is -4.42. The van der Waals surface area contributed by atoms with Crippen molar-refractivity contribution in [2.75, 3.05) is 13.1 Å². The van der Waals surface area contributed by atoms with Gasteiger partial charge in [-0.25, -0.2) is 22.5 Å². The van der Waals surface area contributed by atoms with Gasteiger partial charge in [0, 0.05) is 54.2 Å². The maximum Gasteiger partial charge on any atom is 0.307 e. The van der Waals surface area contributed by atoms with Gasteiger partial charge in [0.25, 0.3) is 0 Å². The number of esters is 1. The fourth-order valence-electron chi connectivity index (χ4n) is 7.95. The van der Waals surface area contributed by atoms with E-state index in [0.29, 0.717) is 45.4 Å². The molecule has 2 fully saturated rings. The van der Waals surface area contributed by atoms with E-state index in [4.69, 9.17) is 9.72 Å². The van der Waals surface area contributed by atoms with Gasteiger partial charge in [-0.05, 0) is 75.4 Å². The lowest BCUT2D eigenvalue weighted by Gasteiger charge is -2.30. The number of halogens is 4. The Labute approximate surface area is 313 Å². The maximum atomic E-state index is 15.3. The van der Waals surface area contributed by atoms with E-state index in [9.17, 15) is 23.2 Å². The first-order valence-corrected chi connectivity index (χ1v) is 19.0. The van der Waals surface area contributed by atoms with E-state index in [1.807, 2.05) is 25.3 Å². The van der Waals surface area contributed by atoms with Gasteiger partial charge in [0.1, 0.15) is 29.6 Å². The van der Waals surface area contributed by atoms with Crippen molar-refractivity contribution in [1.82, 2.24) is 24.3 Å². The van der Waals surface area contributed by atoms with Crippen molar-refractivity contribution in [3.8, 4) is 11.5 Å². The number of H-pyrrole nitrogens is 1. The molecule has 2 saturated heterocycles. The number of aromatic amines is 1. The monoisotopic (exact) mass is 753 g/mol. The van der Waals surface area contributed by atoms with Gasteiger partial charge in [0.15, 0.2) is 5.82 Å². The third kappa shape index (κ3) is 8.15. The highest BCUT2D eigenvalue weighted by atomic mass is 19.1. The normalized spacial score (nSPS) is 21.8. The predicted octanol–water partition coefficient (Wildman–Crippen LogP) is 7.93. The van der Waals surface area contributed by atoms with Gasteiger partial charge in [-0.15, -0.1) is 0 Å². The first-order chi connectivity index (χ1) is 25.4. The zero-order valence-electron chi connectivity index (χ0n) is 32.1. The molecule has 2 amide bonds. The third-order valence-corrected chi connectivity index (χ3v) is 11.0. The average Bonchev–Trinajstić information content (AvgIpc) is 3.84. The summed E-state index contributed by atoms with van der Waals surface area (Å²) in [5.41, 5.74) is 1.72. The van der Waals surface area contributed by atoms with E-state index in [0.717, 1.165) is 0 Å². The number of hydrogen-bond donors (Lipinski definition) is 1. The third-order valence-electron chi connectivity index (χ3n) is 11.0. The highest BCUT2D eigenvalue weighted by Crippen LogP contribution is 2.38. The molecule has 4 aromatic rings. The second-order valence-electron chi connectivity index (χ2n) is 16.4. The Morgan fingerprint density at radius 1 is 0.926 bits per heavy atom. The van der Waals surface area contributed by atoms with Crippen LogP contribution in [0.5, 0.6) is 0 Å². The summed E-state index contributed by atoms with van der Waals surface area (Å²) in [4.78, 5) is 51.6. The molecule has 0 aliphatic carbocycles. The van der Waals surface area contributed by atoms with Gasteiger partial charge in [-0.2, -0.15) is 0 Å². The van der Waals surface area contributed by atoms with Crippen LogP contribution in [-0.4, -0.2) is 85.2 Å². The first kappa shape index (κ1) is 39.3. The molecule has 9 nitrogen and oxygen atoms in total.